The third kappa shape index (κ3) is 3.17. The summed E-state index contributed by atoms with van der Waals surface area (Å²) in [5.74, 6) is 0.616. The number of nitrogens with zero attached hydrogens (tertiary/aromatic N) is 1. The van der Waals surface area contributed by atoms with Gasteiger partial charge in [-0.3, -0.25) is 0 Å². The molecule has 0 aliphatic rings. The topological polar surface area (TPSA) is 49.8 Å². The lowest BCUT2D eigenvalue weighted by Crippen LogP contribution is -2.06. The smallest absolute Gasteiger partial charge is 0.0992 e. The van der Waals surface area contributed by atoms with Gasteiger partial charge in [0, 0.05) is 15.8 Å². The molecular formula is C12H16N2S. The molecule has 0 aromatic heterocycles. The van der Waals surface area contributed by atoms with Crippen LogP contribution in [0, 0.1) is 17.2 Å². The molecule has 1 aromatic rings. The standard InChI is InChI=1S/C12H16N2S/c1-8(2)9(3)15-12-5-4-10(7-13)6-11(12)14/h4-6,8-9H,14H2,1-3H3. The third-order valence-electron chi connectivity index (χ3n) is 2.39. The summed E-state index contributed by atoms with van der Waals surface area (Å²) in [6.45, 7) is 6.57. The maximum atomic E-state index is 8.71. The molecule has 0 aliphatic heterocycles. The molecule has 80 valence electrons. The van der Waals surface area contributed by atoms with Gasteiger partial charge in [-0.25, -0.2) is 0 Å². The summed E-state index contributed by atoms with van der Waals surface area (Å²) in [7, 11) is 0. The van der Waals surface area contributed by atoms with Crippen molar-refractivity contribution >= 4 is 17.4 Å². The minimum atomic E-state index is 0.528. The second-order valence-electron chi connectivity index (χ2n) is 3.93. The van der Waals surface area contributed by atoms with E-state index in [1.54, 1.807) is 17.8 Å². The van der Waals surface area contributed by atoms with Gasteiger partial charge in [0.25, 0.3) is 0 Å². The number of nitrogens with two attached hydrogens (primary N) is 1. The van der Waals surface area contributed by atoms with Crippen LogP contribution >= 0.6 is 11.8 Å². The Hall–Kier alpha value is -1.14. The Kier molecular flexibility index (Phi) is 4.05. The largest absolute Gasteiger partial charge is 0.398 e. The predicted octanol–water partition coefficient (Wildman–Crippen LogP) is 3.28. The first-order valence-corrected chi connectivity index (χ1v) is 5.89. The first-order valence-electron chi connectivity index (χ1n) is 5.01. The second-order valence-corrected chi connectivity index (χ2v) is 5.35. The normalized spacial score (nSPS) is 12.5. The quantitative estimate of drug-likeness (QED) is 0.628. The van der Waals surface area contributed by atoms with Crippen LogP contribution in [-0.4, -0.2) is 5.25 Å². The number of anilines is 1. The first-order chi connectivity index (χ1) is 7.04. The molecule has 3 heteroatoms. The highest BCUT2D eigenvalue weighted by Crippen LogP contribution is 2.32. The van der Waals surface area contributed by atoms with Gasteiger partial charge in [-0.05, 0) is 24.1 Å². The molecule has 0 saturated heterocycles. The van der Waals surface area contributed by atoms with E-state index in [4.69, 9.17) is 11.0 Å². The maximum Gasteiger partial charge on any atom is 0.0992 e. The minimum Gasteiger partial charge on any atom is -0.398 e. The van der Waals surface area contributed by atoms with Crippen LogP contribution in [0.15, 0.2) is 23.1 Å². The molecule has 0 bridgehead atoms. The van der Waals surface area contributed by atoms with Gasteiger partial charge in [0.1, 0.15) is 0 Å². The van der Waals surface area contributed by atoms with Crippen LogP contribution in [0.1, 0.15) is 26.3 Å². The van der Waals surface area contributed by atoms with E-state index in [1.165, 1.54) is 0 Å². The van der Waals surface area contributed by atoms with E-state index in [2.05, 4.69) is 26.8 Å². The molecule has 15 heavy (non-hydrogen) atoms. The van der Waals surface area contributed by atoms with Crippen LogP contribution in [0.2, 0.25) is 0 Å². The zero-order valence-corrected chi connectivity index (χ0v) is 10.1. The average Bonchev–Trinajstić information content (AvgIpc) is 2.20. The molecule has 0 heterocycles. The Morgan fingerprint density at radius 2 is 2.00 bits per heavy atom. The lowest BCUT2D eigenvalue weighted by atomic mass is 10.2. The van der Waals surface area contributed by atoms with Crippen molar-refractivity contribution in [2.45, 2.75) is 30.9 Å². The van der Waals surface area contributed by atoms with E-state index in [9.17, 15) is 0 Å². The number of nitrogen functional groups attached to an aromatic ring is 1. The maximum absolute atomic E-state index is 8.71. The van der Waals surface area contributed by atoms with Gasteiger partial charge in [0.15, 0.2) is 0 Å². The molecule has 0 fully saturated rings. The summed E-state index contributed by atoms with van der Waals surface area (Å²) in [6.07, 6.45) is 0. The summed E-state index contributed by atoms with van der Waals surface area (Å²) in [5.41, 5.74) is 7.19. The number of rotatable bonds is 3. The Balaban J connectivity index is 2.84. The number of nitriles is 1. The fourth-order valence-electron chi connectivity index (χ4n) is 1.06. The Labute approximate surface area is 95.5 Å². The van der Waals surface area contributed by atoms with E-state index < -0.39 is 0 Å². The average molecular weight is 220 g/mol. The van der Waals surface area contributed by atoms with Crippen molar-refractivity contribution < 1.29 is 0 Å². The number of thioether (sulfide) groups is 1. The molecule has 1 unspecified atom stereocenters. The molecule has 2 N–H and O–H groups in total. The van der Waals surface area contributed by atoms with Crippen LogP contribution in [0.4, 0.5) is 5.69 Å². The summed E-state index contributed by atoms with van der Waals surface area (Å²) in [6, 6.07) is 7.55. The van der Waals surface area contributed by atoms with Crippen LogP contribution in [-0.2, 0) is 0 Å². The number of hydrogen-bond acceptors (Lipinski definition) is 3. The second kappa shape index (κ2) is 5.09. The summed E-state index contributed by atoms with van der Waals surface area (Å²) in [5, 5.41) is 9.24. The molecule has 0 amide bonds. The summed E-state index contributed by atoms with van der Waals surface area (Å²) >= 11 is 1.76. The van der Waals surface area contributed by atoms with Crippen molar-refractivity contribution in [3.63, 3.8) is 0 Å². The van der Waals surface area contributed by atoms with E-state index in [-0.39, 0.29) is 0 Å². The minimum absolute atomic E-state index is 0.528. The summed E-state index contributed by atoms with van der Waals surface area (Å²) in [4.78, 5) is 1.07. The molecule has 0 saturated carbocycles. The Bertz CT molecular complexity index is 380. The monoisotopic (exact) mass is 220 g/mol. The van der Waals surface area contributed by atoms with Crippen molar-refractivity contribution in [1.82, 2.24) is 0 Å². The van der Waals surface area contributed by atoms with E-state index in [0.29, 0.717) is 22.4 Å². The van der Waals surface area contributed by atoms with Crippen molar-refractivity contribution in [3.8, 4) is 6.07 Å². The summed E-state index contributed by atoms with van der Waals surface area (Å²) < 4.78 is 0. The predicted molar refractivity (Wildman–Crippen MR) is 65.7 cm³/mol. The zero-order valence-electron chi connectivity index (χ0n) is 9.32. The first kappa shape index (κ1) is 11.9. The Morgan fingerprint density at radius 1 is 1.33 bits per heavy atom. The highest BCUT2D eigenvalue weighted by Gasteiger charge is 2.10. The van der Waals surface area contributed by atoms with Crippen LogP contribution in [0.3, 0.4) is 0 Å². The van der Waals surface area contributed by atoms with Gasteiger partial charge >= 0.3 is 0 Å². The highest BCUT2D eigenvalue weighted by atomic mass is 32.2. The van der Waals surface area contributed by atoms with E-state index >= 15 is 0 Å². The SMILES string of the molecule is CC(C)C(C)Sc1ccc(C#N)cc1N. The van der Waals surface area contributed by atoms with Crippen molar-refractivity contribution in [2.75, 3.05) is 5.73 Å². The Morgan fingerprint density at radius 3 is 2.47 bits per heavy atom. The van der Waals surface area contributed by atoms with E-state index in [0.717, 1.165) is 4.90 Å². The molecule has 2 nitrogen and oxygen atoms in total. The van der Waals surface area contributed by atoms with Gasteiger partial charge in [-0.15, -0.1) is 11.8 Å². The van der Waals surface area contributed by atoms with Gasteiger partial charge in [0.2, 0.25) is 0 Å². The third-order valence-corrected chi connectivity index (χ3v) is 3.93. The van der Waals surface area contributed by atoms with Crippen LogP contribution in [0.25, 0.3) is 0 Å². The van der Waals surface area contributed by atoms with Gasteiger partial charge in [0.05, 0.1) is 11.6 Å². The van der Waals surface area contributed by atoms with Crippen molar-refractivity contribution in [3.05, 3.63) is 23.8 Å². The highest BCUT2D eigenvalue weighted by molar-refractivity contribution is 8.00. The lowest BCUT2D eigenvalue weighted by Gasteiger charge is -2.16. The molecule has 1 atom stereocenters. The van der Waals surface area contributed by atoms with Crippen molar-refractivity contribution in [1.29, 1.82) is 5.26 Å². The van der Waals surface area contributed by atoms with E-state index in [1.807, 2.05) is 12.1 Å². The van der Waals surface area contributed by atoms with Gasteiger partial charge in [-0.2, -0.15) is 5.26 Å². The molecule has 0 aliphatic carbocycles. The number of hydrogen-bond donors (Lipinski definition) is 1. The molecule has 0 radical (unpaired) electrons. The fraction of sp³-hybridized carbons (Fsp3) is 0.417. The van der Waals surface area contributed by atoms with Crippen LogP contribution < -0.4 is 5.73 Å². The molecule has 1 rings (SSSR count). The molecular weight excluding hydrogens is 204 g/mol. The molecule has 1 aromatic carbocycles. The van der Waals surface area contributed by atoms with Crippen molar-refractivity contribution in [2.24, 2.45) is 5.92 Å². The zero-order chi connectivity index (χ0) is 11.4. The van der Waals surface area contributed by atoms with Gasteiger partial charge < -0.3 is 5.73 Å². The van der Waals surface area contributed by atoms with Gasteiger partial charge in [-0.1, -0.05) is 20.8 Å². The molecule has 0 spiro atoms. The fourth-order valence-corrected chi connectivity index (χ4v) is 2.08. The lowest BCUT2D eigenvalue weighted by molar-refractivity contribution is 0.642. The number of benzene rings is 1. The van der Waals surface area contributed by atoms with Crippen LogP contribution in [0.5, 0.6) is 0 Å².